The van der Waals surface area contributed by atoms with Gasteiger partial charge in [-0.2, -0.15) is 0 Å². The summed E-state index contributed by atoms with van der Waals surface area (Å²) in [5, 5.41) is 10.7. The highest BCUT2D eigenvalue weighted by Gasteiger charge is 2.15. The van der Waals surface area contributed by atoms with E-state index >= 15 is 0 Å². The standard InChI is InChI=1S/C23H26O3/c1-4-5-6-8-18(13-16(2)3)19-12-11-17-9-7-10-20(21(17)14-19)22(24)15-23(25)26/h4-5,7,9-14,18H,6,8,15H2,1-3H3,(H,25,26). The van der Waals surface area contributed by atoms with Gasteiger partial charge in [-0.05, 0) is 56.0 Å². The Balaban J connectivity index is 2.48. The molecule has 26 heavy (non-hydrogen) atoms. The van der Waals surface area contributed by atoms with Gasteiger partial charge in [-0.1, -0.05) is 54.1 Å². The van der Waals surface area contributed by atoms with Crippen molar-refractivity contribution in [2.24, 2.45) is 0 Å². The third-order valence-corrected chi connectivity index (χ3v) is 4.36. The van der Waals surface area contributed by atoms with Crippen LogP contribution in [0.15, 0.2) is 60.2 Å². The van der Waals surface area contributed by atoms with Gasteiger partial charge in [0, 0.05) is 11.5 Å². The number of carbonyl (C=O) groups is 2. The zero-order valence-electron chi connectivity index (χ0n) is 15.7. The molecule has 0 amide bonds. The van der Waals surface area contributed by atoms with Crippen LogP contribution in [0, 0.1) is 0 Å². The minimum atomic E-state index is -1.10. The van der Waals surface area contributed by atoms with E-state index in [0.717, 1.165) is 29.2 Å². The fourth-order valence-corrected chi connectivity index (χ4v) is 3.19. The normalized spacial score (nSPS) is 12.3. The molecule has 0 saturated heterocycles. The maximum Gasteiger partial charge on any atom is 0.311 e. The zero-order chi connectivity index (χ0) is 19.1. The predicted molar refractivity (Wildman–Crippen MR) is 107 cm³/mol. The summed E-state index contributed by atoms with van der Waals surface area (Å²) in [5.41, 5.74) is 2.89. The Hall–Kier alpha value is -2.68. The van der Waals surface area contributed by atoms with E-state index in [2.05, 4.69) is 38.1 Å². The quantitative estimate of drug-likeness (QED) is 0.366. The first-order chi connectivity index (χ1) is 12.4. The highest BCUT2D eigenvalue weighted by atomic mass is 16.4. The molecule has 0 spiro atoms. The van der Waals surface area contributed by atoms with E-state index in [0.29, 0.717) is 5.56 Å². The smallest absolute Gasteiger partial charge is 0.311 e. The van der Waals surface area contributed by atoms with Crippen molar-refractivity contribution in [1.82, 2.24) is 0 Å². The Morgan fingerprint density at radius 3 is 2.58 bits per heavy atom. The molecule has 2 aromatic carbocycles. The summed E-state index contributed by atoms with van der Waals surface area (Å²) >= 11 is 0. The Labute approximate surface area is 155 Å². The minimum Gasteiger partial charge on any atom is -0.481 e. The molecule has 0 aliphatic rings. The number of carbonyl (C=O) groups excluding carboxylic acids is 1. The summed E-state index contributed by atoms with van der Waals surface area (Å²) < 4.78 is 0. The number of aliphatic carboxylic acids is 1. The second kappa shape index (κ2) is 9.14. The summed E-state index contributed by atoms with van der Waals surface area (Å²) in [6, 6.07) is 11.6. The van der Waals surface area contributed by atoms with Crippen LogP contribution in [0.3, 0.4) is 0 Å². The molecule has 1 unspecified atom stereocenters. The van der Waals surface area contributed by atoms with Gasteiger partial charge in [0.25, 0.3) is 0 Å². The highest BCUT2D eigenvalue weighted by molar-refractivity contribution is 6.13. The summed E-state index contributed by atoms with van der Waals surface area (Å²) in [6.45, 7) is 6.20. The maximum atomic E-state index is 12.3. The molecule has 1 atom stereocenters. The second-order valence-electron chi connectivity index (χ2n) is 6.78. The van der Waals surface area contributed by atoms with Crippen LogP contribution < -0.4 is 0 Å². The van der Waals surface area contributed by atoms with Gasteiger partial charge >= 0.3 is 5.97 Å². The topological polar surface area (TPSA) is 54.4 Å². The molecule has 0 heterocycles. The number of carboxylic acids is 1. The minimum absolute atomic E-state index is 0.267. The molecule has 3 nitrogen and oxygen atoms in total. The predicted octanol–water partition coefficient (Wildman–Crippen LogP) is 5.90. The van der Waals surface area contributed by atoms with Crippen molar-refractivity contribution < 1.29 is 14.7 Å². The molecule has 0 aromatic heterocycles. The number of benzene rings is 2. The van der Waals surface area contributed by atoms with Crippen LogP contribution in [0.25, 0.3) is 10.8 Å². The van der Waals surface area contributed by atoms with Crippen molar-refractivity contribution in [1.29, 1.82) is 0 Å². The molecular formula is C23H26O3. The summed E-state index contributed by atoms with van der Waals surface area (Å²) in [6.07, 6.45) is 7.97. The number of ketones is 1. The second-order valence-corrected chi connectivity index (χ2v) is 6.78. The number of fused-ring (bicyclic) bond motifs is 1. The van der Waals surface area contributed by atoms with E-state index in [-0.39, 0.29) is 11.7 Å². The van der Waals surface area contributed by atoms with Crippen molar-refractivity contribution in [2.75, 3.05) is 0 Å². The third-order valence-electron chi connectivity index (χ3n) is 4.36. The number of Topliss-reactive ketones (excluding diaryl/α,β-unsaturated/α-hetero) is 1. The van der Waals surface area contributed by atoms with Crippen LogP contribution in [0.2, 0.25) is 0 Å². The lowest BCUT2D eigenvalue weighted by atomic mass is 9.89. The zero-order valence-corrected chi connectivity index (χ0v) is 15.7. The van der Waals surface area contributed by atoms with Gasteiger partial charge in [-0.15, -0.1) is 0 Å². The van der Waals surface area contributed by atoms with Crippen molar-refractivity contribution in [2.45, 2.75) is 46.0 Å². The van der Waals surface area contributed by atoms with Gasteiger partial charge in [-0.3, -0.25) is 9.59 Å². The third kappa shape index (κ3) is 5.16. The van der Waals surface area contributed by atoms with E-state index in [4.69, 9.17) is 5.11 Å². The van der Waals surface area contributed by atoms with Crippen molar-refractivity contribution in [3.05, 3.63) is 71.3 Å². The van der Waals surface area contributed by atoms with E-state index in [1.54, 1.807) is 12.1 Å². The lowest BCUT2D eigenvalue weighted by Gasteiger charge is -2.15. The lowest BCUT2D eigenvalue weighted by molar-refractivity contribution is -0.135. The fraction of sp³-hybridized carbons (Fsp3) is 0.304. The Kier molecular flexibility index (Phi) is 6.90. The molecule has 1 N–H and O–H groups in total. The average molecular weight is 350 g/mol. The fourth-order valence-electron chi connectivity index (χ4n) is 3.19. The Morgan fingerprint density at radius 1 is 1.15 bits per heavy atom. The summed E-state index contributed by atoms with van der Waals surface area (Å²) in [4.78, 5) is 23.3. The Bertz CT molecular complexity index is 855. The molecule has 2 aromatic rings. The number of carboxylic acid groups (broad SMARTS) is 1. The van der Waals surface area contributed by atoms with Gasteiger partial charge in [0.1, 0.15) is 6.42 Å². The molecular weight excluding hydrogens is 324 g/mol. The molecule has 0 fully saturated rings. The number of hydrogen-bond acceptors (Lipinski definition) is 2. The van der Waals surface area contributed by atoms with Gasteiger partial charge in [-0.25, -0.2) is 0 Å². The summed E-state index contributed by atoms with van der Waals surface area (Å²) in [5.74, 6) is -1.19. The first-order valence-electron chi connectivity index (χ1n) is 8.96. The average Bonchev–Trinajstić information content (AvgIpc) is 2.59. The van der Waals surface area contributed by atoms with Crippen LogP contribution in [-0.4, -0.2) is 16.9 Å². The van der Waals surface area contributed by atoms with E-state index in [1.807, 2.05) is 25.1 Å². The van der Waals surface area contributed by atoms with Gasteiger partial charge in [0.05, 0.1) is 0 Å². The molecule has 136 valence electrons. The van der Waals surface area contributed by atoms with Crippen molar-refractivity contribution in [3.63, 3.8) is 0 Å². The van der Waals surface area contributed by atoms with E-state index < -0.39 is 12.4 Å². The first kappa shape index (κ1) is 19.6. The molecule has 3 heteroatoms. The van der Waals surface area contributed by atoms with Gasteiger partial charge in [0.2, 0.25) is 0 Å². The van der Waals surface area contributed by atoms with Crippen LogP contribution in [-0.2, 0) is 4.79 Å². The van der Waals surface area contributed by atoms with E-state index in [9.17, 15) is 9.59 Å². The van der Waals surface area contributed by atoms with E-state index in [1.165, 1.54) is 5.57 Å². The van der Waals surface area contributed by atoms with Crippen molar-refractivity contribution >= 4 is 22.5 Å². The van der Waals surface area contributed by atoms with Crippen molar-refractivity contribution in [3.8, 4) is 0 Å². The monoisotopic (exact) mass is 350 g/mol. The largest absolute Gasteiger partial charge is 0.481 e. The van der Waals surface area contributed by atoms with Crippen LogP contribution in [0.4, 0.5) is 0 Å². The Morgan fingerprint density at radius 2 is 1.92 bits per heavy atom. The molecule has 0 saturated carbocycles. The molecule has 0 radical (unpaired) electrons. The van der Waals surface area contributed by atoms with Crippen LogP contribution in [0.5, 0.6) is 0 Å². The lowest BCUT2D eigenvalue weighted by Crippen LogP contribution is -2.07. The van der Waals surface area contributed by atoms with Gasteiger partial charge < -0.3 is 5.11 Å². The molecule has 2 rings (SSSR count). The van der Waals surface area contributed by atoms with Crippen LogP contribution in [0.1, 0.15) is 61.9 Å². The van der Waals surface area contributed by atoms with Gasteiger partial charge in [0.15, 0.2) is 5.78 Å². The first-order valence-corrected chi connectivity index (χ1v) is 8.96. The number of rotatable bonds is 8. The molecule has 0 aliphatic carbocycles. The number of allylic oxidation sites excluding steroid dienone is 4. The maximum absolute atomic E-state index is 12.3. The number of hydrogen-bond donors (Lipinski definition) is 1. The molecule has 0 aliphatic heterocycles. The van der Waals surface area contributed by atoms with Crippen LogP contribution >= 0.6 is 0 Å². The summed E-state index contributed by atoms with van der Waals surface area (Å²) in [7, 11) is 0. The molecule has 0 bridgehead atoms. The highest BCUT2D eigenvalue weighted by Crippen LogP contribution is 2.29. The SMILES string of the molecule is CC=CCCC(C=C(C)C)c1ccc2cccc(C(=O)CC(=O)O)c2c1.